The molecule has 0 saturated heterocycles. The van der Waals surface area contributed by atoms with Crippen molar-refractivity contribution in [3.05, 3.63) is 26.4 Å². The lowest BCUT2D eigenvalue weighted by atomic mass is 10.1. The molecule has 0 atom stereocenters. The van der Waals surface area contributed by atoms with Gasteiger partial charge in [0.25, 0.3) is 6.43 Å². The van der Waals surface area contributed by atoms with Gasteiger partial charge < -0.3 is 4.74 Å². The Bertz CT molecular complexity index is 413. The van der Waals surface area contributed by atoms with Gasteiger partial charge in [-0.3, -0.25) is 4.79 Å². The maximum Gasteiger partial charge on any atom is 0.310 e. The van der Waals surface area contributed by atoms with Gasteiger partial charge in [0.05, 0.1) is 18.0 Å². The number of hydrogen-bond acceptors (Lipinski definition) is 3. The highest BCUT2D eigenvalue weighted by atomic mass is 79.9. The van der Waals surface area contributed by atoms with Crippen molar-refractivity contribution in [2.75, 3.05) is 7.11 Å². The van der Waals surface area contributed by atoms with Crippen LogP contribution in [-0.2, 0) is 16.0 Å². The Morgan fingerprint density at radius 1 is 1.56 bits per heavy atom. The molecule has 7 heteroatoms. The molecule has 0 aliphatic carbocycles. The molecule has 0 aliphatic rings. The SMILES string of the molecule is COC(=O)Cc1cnc(Br)c(Br)c1C(F)F. The van der Waals surface area contributed by atoms with Crippen LogP contribution in [0.5, 0.6) is 0 Å². The van der Waals surface area contributed by atoms with Crippen LogP contribution in [-0.4, -0.2) is 18.1 Å². The molecule has 1 aromatic rings. The summed E-state index contributed by atoms with van der Waals surface area (Å²) in [6.45, 7) is 0. The summed E-state index contributed by atoms with van der Waals surface area (Å²) in [6.07, 6.45) is -1.68. The van der Waals surface area contributed by atoms with Gasteiger partial charge in [0.15, 0.2) is 0 Å². The van der Waals surface area contributed by atoms with E-state index in [1.54, 1.807) is 0 Å². The lowest BCUT2D eigenvalue weighted by Gasteiger charge is -2.10. The Morgan fingerprint density at radius 2 is 2.19 bits per heavy atom. The van der Waals surface area contributed by atoms with Gasteiger partial charge in [-0.25, -0.2) is 13.8 Å². The van der Waals surface area contributed by atoms with E-state index in [0.29, 0.717) is 0 Å². The van der Waals surface area contributed by atoms with E-state index in [9.17, 15) is 13.6 Å². The van der Waals surface area contributed by atoms with Crippen molar-refractivity contribution in [2.45, 2.75) is 12.8 Å². The van der Waals surface area contributed by atoms with E-state index in [0.717, 1.165) is 0 Å². The molecule has 0 saturated carbocycles. The van der Waals surface area contributed by atoms with E-state index in [2.05, 4.69) is 41.6 Å². The number of pyridine rings is 1. The molecule has 0 bridgehead atoms. The first-order valence-electron chi connectivity index (χ1n) is 4.15. The van der Waals surface area contributed by atoms with Crippen LogP contribution >= 0.6 is 31.9 Å². The number of ether oxygens (including phenoxy) is 1. The number of esters is 1. The van der Waals surface area contributed by atoms with Crippen molar-refractivity contribution in [3.8, 4) is 0 Å². The smallest absolute Gasteiger partial charge is 0.310 e. The molecule has 1 aromatic heterocycles. The average Bonchev–Trinajstić information content (AvgIpc) is 2.23. The minimum atomic E-state index is -2.69. The molecule has 1 rings (SSSR count). The normalized spacial score (nSPS) is 10.6. The molecule has 0 spiro atoms. The van der Waals surface area contributed by atoms with Crippen LogP contribution in [0.2, 0.25) is 0 Å². The van der Waals surface area contributed by atoms with E-state index in [-0.39, 0.29) is 26.6 Å². The summed E-state index contributed by atoms with van der Waals surface area (Å²) in [4.78, 5) is 14.9. The highest BCUT2D eigenvalue weighted by Crippen LogP contribution is 2.34. The van der Waals surface area contributed by atoms with Crippen molar-refractivity contribution in [1.29, 1.82) is 0 Å². The number of carbonyl (C=O) groups excluding carboxylic acids is 1. The van der Waals surface area contributed by atoms with Crippen LogP contribution in [0.3, 0.4) is 0 Å². The number of methoxy groups -OCH3 is 1. The van der Waals surface area contributed by atoms with E-state index >= 15 is 0 Å². The summed E-state index contributed by atoms with van der Waals surface area (Å²) in [6, 6.07) is 0. The Morgan fingerprint density at radius 3 is 2.69 bits per heavy atom. The number of nitrogens with zero attached hydrogens (tertiary/aromatic N) is 1. The first-order valence-corrected chi connectivity index (χ1v) is 5.73. The number of hydrogen-bond donors (Lipinski definition) is 0. The monoisotopic (exact) mass is 357 g/mol. The van der Waals surface area contributed by atoms with Gasteiger partial charge >= 0.3 is 5.97 Å². The van der Waals surface area contributed by atoms with Crippen molar-refractivity contribution in [2.24, 2.45) is 0 Å². The van der Waals surface area contributed by atoms with Gasteiger partial charge in [-0.05, 0) is 37.4 Å². The second-order valence-corrected chi connectivity index (χ2v) is 4.40. The fourth-order valence-corrected chi connectivity index (χ4v) is 1.96. The molecular weight excluding hydrogens is 352 g/mol. The summed E-state index contributed by atoms with van der Waals surface area (Å²) < 4.78 is 30.4. The van der Waals surface area contributed by atoms with Gasteiger partial charge in [0, 0.05) is 11.8 Å². The molecule has 0 fully saturated rings. The highest BCUT2D eigenvalue weighted by Gasteiger charge is 2.21. The van der Waals surface area contributed by atoms with Gasteiger partial charge in [-0.2, -0.15) is 0 Å². The molecule has 0 amide bonds. The average molecular weight is 359 g/mol. The molecule has 0 N–H and O–H groups in total. The number of carbonyl (C=O) groups is 1. The standard InChI is InChI=1S/C9H7Br2F2NO2/c1-16-5(15)2-4-3-14-8(11)7(10)6(4)9(12)13/h3,9H,2H2,1H3. The van der Waals surface area contributed by atoms with Gasteiger partial charge in [-0.15, -0.1) is 0 Å². The van der Waals surface area contributed by atoms with Gasteiger partial charge in [0.2, 0.25) is 0 Å². The number of rotatable bonds is 3. The van der Waals surface area contributed by atoms with Gasteiger partial charge in [0.1, 0.15) is 4.60 Å². The summed E-state index contributed by atoms with van der Waals surface area (Å²) in [7, 11) is 1.20. The van der Waals surface area contributed by atoms with Crippen LogP contribution in [0.15, 0.2) is 15.3 Å². The molecule has 3 nitrogen and oxygen atoms in total. The first-order chi connectivity index (χ1) is 7.47. The number of halogens is 4. The summed E-state index contributed by atoms with van der Waals surface area (Å²) in [5, 5.41) is 0. The van der Waals surface area contributed by atoms with Crippen LogP contribution in [0.25, 0.3) is 0 Å². The van der Waals surface area contributed by atoms with Crippen molar-refractivity contribution in [1.82, 2.24) is 4.98 Å². The maximum atomic E-state index is 12.8. The maximum absolute atomic E-state index is 12.8. The lowest BCUT2D eigenvalue weighted by Crippen LogP contribution is -2.08. The van der Waals surface area contributed by atoms with E-state index in [1.165, 1.54) is 13.3 Å². The third kappa shape index (κ3) is 2.98. The molecule has 0 aromatic carbocycles. The van der Waals surface area contributed by atoms with E-state index in [4.69, 9.17) is 0 Å². The van der Waals surface area contributed by atoms with Crippen molar-refractivity contribution >= 4 is 37.8 Å². The van der Waals surface area contributed by atoms with Gasteiger partial charge in [-0.1, -0.05) is 0 Å². The molecule has 16 heavy (non-hydrogen) atoms. The highest BCUT2D eigenvalue weighted by molar-refractivity contribution is 9.13. The van der Waals surface area contributed by atoms with Crippen LogP contribution in [0.4, 0.5) is 8.78 Å². The molecule has 0 radical (unpaired) electrons. The molecule has 88 valence electrons. The Labute approximate surface area is 107 Å². The summed E-state index contributed by atoms with van der Waals surface area (Å²) in [5.74, 6) is -0.585. The zero-order valence-corrected chi connectivity index (χ0v) is 11.3. The minimum Gasteiger partial charge on any atom is -0.469 e. The Hall–Kier alpha value is -0.560. The largest absolute Gasteiger partial charge is 0.469 e. The van der Waals surface area contributed by atoms with E-state index in [1.807, 2.05) is 0 Å². The predicted molar refractivity (Wildman–Crippen MR) is 60.3 cm³/mol. The first kappa shape index (κ1) is 13.5. The number of aromatic nitrogens is 1. The number of alkyl halides is 2. The summed E-state index contributed by atoms with van der Waals surface area (Å²) >= 11 is 6.03. The van der Waals surface area contributed by atoms with E-state index < -0.39 is 12.4 Å². The zero-order valence-electron chi connectivity index (χ0n) is 8.14. The van der Waals surface area contributed by atoms with Crippen LogP contribution < -0.4 is 0 Å². The molecule has 0 aliphatic heterocycles. The molecule has 1 heterocycles. The second kappa shape index (κ2) is 5.67. The summed E-state index contributed by atoms with van der Waals surface area (Å²) in [5.41, 5.74) is -0.0933. The third-order valence-electron chi connectivity index (χ3n) is 1.88. The molecular formula is C9H7Br2F2NO2. The predicted octanol–water partition coefficient (Wildman–Crippen LogP) is 3.26. The van der Waals surface area contributed by atoms with Crippen LogP contribution in [0, 0.1) is 0 Å². The molecule has 0 unspecified atom stereocenters. The zero-order chi connectivity index (χ0) is 12.3. The second-order valence-electron chi connectivity index (χ2n) is 2.86. The Kier molecular flexibility index (Phi) is 4.79. The minimum absolute atomic E-state index is 0.150. The van der Waals surface area contributed by atoms with Crippen LogP contribution in [0.1, 0.15) is 17.6 Å². The Balaban J connectivity index is 3.18. The fraction of sp³-hybridized carbons (Fsp3) is 0.333. The van der Waals surface area contributed by atoms with Crippen molar-refractivity contribution < 1.29 is 18.3 Å². The third-order valence-corrected chi connectivity index (χ3v) is 3.81. The quantitative estimate of drug-likeness (QED) is 0.615. The lowest BCUT2D eigenvalue weighted by molar-refractivity contribution is -0.139. The van der Waals surface area contributed by atoms with Crippen molar-refractivity contribution in [3.63, 3.8) is 0 Å². The fourth-order valence-electron chi connectivity index (χ4n) is 1.12. The topological polar surface area (TPSA) is 39.2 Å².